The number of nitrogens with zero attached hydrogens (tertiary/aromatic N) is 2. The third-order valence-electron chi connectivity index (χ3n) is 5.36. The Kier molecular flexibility index (Phi) is 5.99. The standard InChI is InChI=1S/C22H24N2O4S2/c1-12(2)16-9-14-17(10-28-16)30-20-19(14)21(26)24(15-8-6-5-7-13(15)3)22(23-20)29-11-18(25)27-4/h5-8,12,16H,9-11H2,1-4H3/t16-/m0/s1. The highest BCUT2D eigenvalue weighted by atomic mass is 32.2. The van der Waals surface area contributed by atoms with E-state index in [0.29, 0.717) is 34.3 Å². The van der Waals surface area contributed by atoms with E-state index in [1.807, 2.05) is 31.2 Å². The summed E-state index contributed by atoms with van der Waals surface area (Å²) in [6, 6.07) is 7.71. The Labute approximate surface area is 183 Å². The molecule has 1 aliphatic heterocycles. The normalized spacial score (nSPS) is 16.1. The van der Waals surface area contributed by atoms with Gasteiger partial charge in [-0.3, -0.25) is 14.2 Å². The number of methoxy groups -OCH3 is 1. The predicted molar refractivity (Wildman–Crippen MR) is 120 cm³/mol. The first-order chi connectivity index (χ1) is 14.4. The molecule has 0 amide bonds. The number of carbonyl (C=O) groups excluding carboxylic acids is 1. The Morgan fingerprint density at radius 1 is 1.40 bits per heavy atom. The van der Waals surface area contributed by atoms with Crippen molar-refractivity contribution in [1.29, 1.82) is 0 Å². The lowest BCUT2D eigenvalue weighted by atomic mass is 9.96. The number of hydrogen-bond donors (Lipinski definition) is 0. The van der Waals surface area contributed by atoms with Gasteiger partial charge >= 0.3 is 5.97 Å². The lowest BCUT2D eigenvalue weighted by molar-refractivity contribution is -0.137. The van der Waals surface area contributed by atoms with Gasteiger partial charge in [-0.1, -0.05) is 43.8 Å². The third-order valence-corrected chi connectivity index (χ3v) is 7.37. The molecule has 3 heterocycles. The van der Waals surface area contributed by atoms with Gasteiger partial charge < -0.3 is 9.47 Å². The number of para-hydroxylation sites is 1. The molecule has 3 aromatic rings. The number of hydrogen-bond acceptors (Lipinski definition) is 7. The van der Waals surface area contributed by atoms with Gasteiger partial charge in [0.05, 0.1) is 36.6 Å². The van der Waals surface area contributed by atoms with Crippen LogP contribution in [0.25, 0.3) is 15.9 Å². The summed E-state index contributed by atoms with van der Waals surface area (Å²) in [5.41, 5.74) is 2.71. The monoisotopic (exact) mass is 444 g/mol. The minimum absolute atomic E-state index is 0.0873. The zero-order valence-electron chi connectivity index (χ0n) is 17.4. The van der Waals surface area contributed by atoms with Crippen LogP contribution in [0.5, 0.6) is 0 Å². The van der Waals surface area contributed by atoms with Gasteiger partial charge in [0.1, 0.15) is 4.83 Å². The van der Waals surface area contributed by atoms with Crippen LogP contribution in [-0.4, -0.2) is 34.5 Å². The summed E-state index contributed by atoms with van der Waals surface area (Å²) in [5, 5.41) is 1.17. The van der Waals surface area contributed by atoms with Gasteiger partial charge in [-0.15, -0.1) is 11.3 Å². The van der Waals surface area contributed by atoms with E-state index in [9.17, 15) is 9.59 Å². The molecule has 6 nitrogen and oxygen atoms in total. The zero-order chi connectivity index (χ0) is 21.4. The van der Waals surface area contributed by atoms with Crippen LogP contribution < -0.4 is 5.56 Å². The van der Waals surface area contributed by atoms with Crippen molar-refractivity contribution in [2.24, 2.45) is 5.92 Å². The number of esters is 1. The van der Waals surface area contributed by atoms with Gasteiger partial charge in [0.2, 0.25) is 0 Å². The average molecular weight is 445 g/mol. The summed E-state index contributed by atoms with van der Waals surface area (Å²) in [7, 11) is 1.35. The highest BCUT2D eigenvalue weighted by Gasteiger charge is 2.29. The molecule has 0 unspecified atom stereocenters. The van der Waals surface area contributed by atoms with Crippen molar-refractivity contribution in [3.63, 3.8) is 0 Å². The van der Waals surface area contributed by atoms with Crippen LogP contribution in [0, 0.1) is 12.8 Å². The molecule has 2 aromatic heterocycles. The van der Waals surface area contributed by atoms with E-state index in [1.54, 1.807) is 4.57 Å². The summed E-state index contributed by atoms with van der Waals surface area (Å²) in [6.45, 7) is 6.74. The van der Waals surface area contributed by atoms with Crippen LogP contribution >= 0.6 is 23.1 Å². The van der Waals surface area contributed by atoms with Gasteiger partial charge in [-0.25, -0.2) is 4.98 Å². The summed E-state index contributed by atoms with van der Waals surface area (Å²) < 4.78 is 12.4. The predicted octanol–water partition coefficient (Wildman–Crippen LogP) is 4.12. The molecule has 158 valence electrons. The molecule has 30 heavy (non-hydrogen) atoms. The minimum Gasteiger partial charge on any atom is -0.468 e. The van der Waals surface area contributed by atoms with Gasteiger partial charge in [0, 0.05) is 11.3 Å². The highest BCUT2D eigenvalue weighted by Crippen LogP contribution is 2.36. The highest BCUT2D eigenvalue weighted by molar-refractivity contribution is 7.99. The Bertz CT molecular complexity index is 1170. The lowest BCUT2D eigenvalue weighted by Crippen LogP contribution is -2.28. The molecule has 0 radical (unpaired) electrons. The Morgan fingerprint density at radius 3 is 2.87 bits per heavy atom. The van der Waals surface area contributed by atoms with Crippen LogP contribution in [0.15, 0.2) is 34.2 Å². The third kappa shape index (κ3) is 3.79. The largest absolute Gasteiger partial charge is 0.468 e. The molecule has 1 aromatic carbocycles. The maximum absolute atomic E-state index is 13.8. The number of benzene rings is 1. The van der Waals surface area contributed by atoms with E-state index in [0.717, 1.165) is 21.7 Å². The first-order valence-electron chi connectivity index (χ1n) is 9.85. The number of thioether (sulfide) groups is 1. The zero-order valence-corrected chi connectivity index (χ0v) is 19.1. The summed E-state index contributed by atoms with van der Waals surface area (Å²) in [4.78, 5) is 32.1. The number of rotatable bonds is 5. The molecule has 0 fully saturated rings. The van der Waals surface area contributed by atoms with Crippen LogP contribution in [0.1, 0.15) is 29.9 Å². The average Bonchev–Trinajstić information content (AvgIpc) is 3.10. The van der Waals surface area contributed by atoms with Gasteiger partial charge in [-0.2, -0.15) is 0 Å². The van der Waals surface area contributed by atoms with Crippen molar-refractivity contribution >= 4 is 39.3 Å². The maximum atomic E-state index is 13.8. The quantitative estimate of drug-likeness (QED) is 0.335. The molecule has 1 atom stereocenters. The molecule has 1 aliphatic rings. The van der Waals surface area contributed by atoms with Crippen molar-refractivity contribution in [2.75, 3.05) is 12.9 Å². The molecular weight excluding hydrogens is 420 g/mol. The lowest BCUT2D eigenvalue weighted by Gasteiger charge is -2.26. The summed E-state index contributed by atoms with van der Waals surface area (Å²) >= 11 is 2.73. The SMILES string of the molecule is COC(=O)CSc1nc2sc3c(c2c(=O)n1-c1ccccc1C)C[C@@H](C(C)C)OC3. The van der Waals surface area contributed by atoms with Gasteiger partial charge in [0.15, 0.2) is 5.16 Å². The van der Waals surface area contributed by atoms with Crippen molar-refractivity contribution in [3.05, 3.63) is 50.6 Å². The number of aromatic nitrogens is 2. The fourth-order valence-corrected chi connectivity index (χ4v) is 5.64. The Morgan fingerprint density at radius 2 is 2.17 bits per heavy atom. The number of fused-ring (bicyclic) bond motifs is 3. The van der Waals surface area contributed by atoms with Crippen molar-refractivity contribution in [3.8, 4) is 5.69 Å². The topological polar surface area (TPSA) is 70.4 Å². The number of ether oxygens (including phenoxy) is 2. The molecule has 0 bridgehead atoms. The molecule has 8 heteroatoms. The minimum atomic E-state index is -0.357. The summed E-state index contributed by atoms with van der Waals surface area (Å²) in [6.07, 6.45) is 0.807. The molecule has 0 aliphatic carbocycles. The van der Waals surface area contributed by atoms with E-state index >= 15 is 0 Å². The molecule has 0 saturated carbocycles. The number of thiophene rings is 1. The fourth-order valence-electron chi connectivity index (χ4n) is 3.64. The van der Waals surface area contributed by atoms with Crippen LogP contribution in [0.2, 0.25) is 0 Å². The summed E-state index contributed by atoms with van der Waals surface area (Å²) in [5.74, 6) is 0.100. The first kappa shape index (κ1) is 21.1. The van der Waals surface area contributed by atoms with E-state index in [2.05, 4.69) is 13.8 Å². The second-order valence-electron chi connectivity index (χ2n) is 7.67. The first-order valence-corrected chi connectivity index (χ1v) is 11.7. The molecule has 0 N–H and O–H groups in total. The van der Waals surface area contributed by atoms with Crippen LogP contribution in [0.3, 0.4) is 0 Å². The van der Waals surface area contributed by atoms with Crippen LogP contribution in [-0.2, 0) is 27.3 Å². The fraction of sp³-hybridized carbons (Fsp3) is 0.409. The molecule has 0 spiro atoms. The Balaban J connectivity index is 1.93. The molecule has 0 saturated heterocycles. The van der Waals surface area contributed by atoms with Crippen molar-refractivity contribution in [1.82, 2.24) is 9.55 Å². The van der Waals surface area contributed by atoms with Crippen molar-refractivity contribution in [2.45, 2.75) is 45.1 Å². The second-order valence-corrected chi connectivity index (χ2v) is 9.69. The molecule has 4 rings (SSSR count). The van der Waals surface area contributed by atoms with E-state index < -0.39 is 0 Å². The Hall–Kier alpha value is -2.16. The number of aryl methyl sites for hydroxylation is 1. The van der Waals surface area contributed by atoms with E-state index in [-0.39, 0.29) is 23.4 Å². The van der Waals surface area contributed by atoms with E-state index in [4.69, 9.17) is 14.5 Å². The smallest absolute Gasteiger partial charge is 0.316 e. The van der Waals surface area contributed by atoms with Gasteiger partial charge in [0.25, 0.3) is 5.56 Å². The second kappa shape index (κ2) is 8.53. The van der Waals surface area contributed by atoms with Gasteiger partial charge in [-0.05, 0) is 30.0 Å². The van der Waals surface area contributed by atoms with E-state index in [1.165, 1.54) is 30.2 Å². The van der Waals surface area contributed by atoms with Crippen molar-refractivity contribution < 1.29 is 14.3 Å². The molecular formula is C22H24N2O4S2. The maximum Gasteiger partial charge on any atom is 0.316 e. The number of carbonyl (C=O) groups is 1. The van der Waals surface area contributed by atoms with Crippen LogP contribution in [0.4, 0.5) is 0 Å².